The van der Waals surface area contributed by atoms with Crippen molar-refractivity contribution in [1.29, 1.82) is 0 Å². The fourth-order valence-corrected chi connectivity index (χ4v) is 2.90. The zero-order valence-corrected chi connectivity index (χ0v) is 17.2. The largest absolute Gasteiger partial charge is 0.469 e. The molecular weight excluding hydrogens is 339 g/mol. The molecule has 0 aromatic heterocycles. The van der Waals surface area contributed by atoms with E-state index >= 15 is 0 Å². The fraction of sp³-hybridized carbons (Fsp3) is 0.889. The van der Waals surface area contributed by atoms with Gasteiger partial charge in [-0.3, -0.25) is 4.52 Å². The van der Waals surface area contributed by atoms with Crippen molar-refractivity contribution < 1.29 is 18.9 Å². The first-order chi connectivity index (χ1) is 11.1. The van der Waals surface area contributed by atoms with Crippen molar-refractivity contribution in [2.75, 3.05) is 6.61 Å². The third-order valence-corrected chi connectivity index (χ3v) is 4.43. The van der Waals surface area contributed by atoms with E-state index in [2.05, 4.69) is 23.6 Å². The molecule has 0 fully saturated rings. The molecule has 25 heavy (non-hydrogen) atoms. The molecule has 0 bridgehead atoms. The molecule has 0 radical (unpaired) electrons. The van der Waals surface area contributed by atoms with Gasteiger partial charge in [0.1, 0.15) is 0 Å². The molecule has 0 spiro atoms. The van der Waals surface area contributed by atoms with E-state index in [1.807, 2.05) is 0 Å². The van der Waals surface area contributed by atoms with Crippen LogP contribution in [0.25, 0.3) is 0 Å². The minimum atomic E-state index is -4.26. The average Bonchev–Trinajstić information content (AvgIpc) is 2.49. The smallest absolute Gasteiger partial charge is 0.344 e. The molecule has 0 atom stereocenters. The Morgan fingerprint density at radius 1 is 0.720 bits per heavy atom. The lowest BCUT2D eigenvalue weighted by Crippen LogP contribution is -1.92. The van der Waals surface area contributed by atoms with E-state index in [0.717, 1.165) is 19.3 Å². The number of hydrogen-bond acceptors (Lipinski definition) is 4. The maximum Gasteiger partial charge on any atom is 0.469 e. The summed E-state index contributed by atoms with van der Waals surface area (Å²) in [4.78, 5) is 17.1. The van der Waals surface area contributed by atoms with E-state index < -0.39 is 7.82 Å². The van der Waals surface area contributed by atoms with Crippen LogP contribution in [0.1, 0.15) is 96.8 Å². The van der Waals surface area contributed by atoms with Gasteiger partial charge in [0.25, 0.3) is 0 Å². The molecule has 0 rings (SSSR count). The molecule has 0 heterocycles. The summed E-state index contributed by atoms with van der Waals surface area (Å²) in [6.45, 7) is 2.41. The number of rotatable bonds is 17. The van der Waals surface area contributed by atoms with Gasteiger partial charge in [-0.25, -0.2) is 4.57 Å². The molecule has 0 aliphatic heterocycles. The highest BCUT2D eigenvalue weighted by Gasteiger charge is 2.12. The Kier molecular flexibility index (Phi) is 25.8. The van der Waals surface area contributed by atoms with Crippen LogP contribution in [0.3, 0.4) is 0 Å². The van der Waals surface area contributed by atoms with Gasteiger partial charge < -0.3 is 22.1 Å². The van der Waals surface area contributed by atoms with Crippen molar-refractivity contribution in [2.24, 2.45) is 0 Å². The summed E-state index contributed by atoms with van der Waals surface area (Å²) in [6, 6.07) is 0. The van der Waals surface area contributed by atoms with Gasteiger partial charge in [-0.1, -0.05) is 76.9 Å². The van der Waals surface area contributed by atoms with Crippen LogP contribution in [0.2, 0.25) is 0 Å². The maximum atomic E-state index is 10.5. The zero-order chi connectivity index (χ0) is 17.2. The molecule has 0 aromatic carbocycles. The first-order valence-electron chi connectivity index (χ1n) is 9.41. The zero-order valence-electron chi connectivity index (χ0n) is 16.3. The molecule has 154 valence electrons. The van der Waals surface area contributed by atoms with E-state index in [1.165, 1.54) is 70.6 Å². The Bertz CT molecular complexity index is 322. The highest BCUT2D eigenvalue weighted by Crippen LogP contribution is 2.35. The second-order valence-electron chi connectivity index (χ2n) is 6.26. The third-order valence-electron chi connectivity index (χ3n) is 3.92. The highest BCUT2D eigenvalue weighted by atomic mass is 31.2. The van der Waals surface area contributed by atoms with Crippen molar-refractivity contribution in [2.45, 2.75) is 96.8 Å². The molecule has 6 nitrogen and oxygen atoms in total. The number of phosphoric acid groups is 1. The molecule has 7 heteroatoms. The van der Waals surface area contributed by atoms with Crippen molar-refractivity contribution in [3.05, 3.63) is 12.2 Å². The molecule has 0 unspecified atom stereocenters. The minimum Gasteiger partial charge on any atom is -0.344 e. The first kappa shape index (κ1) is 29.5. The summed E-state index contributed by atoms with van der Waals surface area (Å²) in [5.74, 6) is 0. The van der Waals surface area contributed by atoms with Gasteiger partial charge in [0.2, 0.25) is 0 Å². The van der Waals surface area contributed by atoms with Gasteiger partial charge in [0.05, 0.1) is 6.61 Å². The number of allylic oxidation sites excluding steroid dienone is 2. The molecule has 0 aromatic rings. The van der Waals surface area contributed by atoms with Crippen molar-refractivity contribution in [3.8, 4) is 0 Å². The Morgan fingerprint density at radius 2 is 1.12 bits per heavy atom. The Morgan fingerprint density at radius 3 is 1.56 bits per heavy atom. The van der Waals surface area contributed by atoms with Crippen molar-refractivity contribution in [1.82, 2.24) is 12.3 Å². The van der Waals surface area contributed by atoms with Crippen LogP contribution < -0.4 is 12.3 Å². The maximum absolute atomic E-state index is 10.5. The summed E-state index contributed by atoms with van der Waals surface area (Å²) >= 11 is 0. The predicted molar refractivity (Wildman–Crippen MR) is 107 cm³/mol. The standard InChI is InChI=1S/C18H37O4P.2H3N/c1-2-3-4-5-6-7-8-9-10-11-12-13-14-15-16-17-18-22-23(19,20)21;;/h9-10H,2-8,11-18H2,1H3,(H2,19,20,21);2*1H3/b10-9-;;. The summed E-state index contributed by atoms with van der Waals surface area (Å²) < 4.78 is 14.9. The highest BCUT2D eigenvalue weighted by molar-refractivity contribution is 7.46. The van der Waals surface area contributed by atoms with Crippen LogP contribution >= 0.6 is 7.82 Å². The van der Waals surface area contributed by atoms with Gasteiger partial charge in [0, 0.05) is 0 Å². The summed E-state index contributed by atoms with van der Waals surface area (Å²) in [6.07, 6.45) is 21.7. The summed E-state index contributed by atoms with van der Waals surface area (Å²) in [5.41, 5.74) is 0. The Balaban J connectivity index is -0.00000242. The van der Waals surface area contributed by atoms with E-state index in [1.54, 1.807) is 0 Å². The number of unbranched alkanes of at least 4 members (excludes halogenated alkanes) is 12. The van der Waals surface area contributed by atoms with Crippen molar-refractivity contribution in [3.63, 3.8) is 0 Å². The molecule has 0 saturated heterocycles. The molecule has 8 N–H and O–H groups in total. The van der Waals surface area contributed by atoms with Gasteiger partial charge in [-0.05, 0) is 32.1 Å². The number of phosphoric ester groups is 1. The van der Waals surface area contributed by atoms with Gasteiger partial charge in [-0.2, -0.15) is 0 Å². The van der Waals surface area contributed by atoms with Gasteiger partial charge in [0.15, 0.2) is 0 Å². The molecular formula is C18H43N2O4P. The predicted octanol–water partition coefficient (Wildman–Crippen LogP) is 6.46. The lowest BCUT2D eigenvalue weighted by molar-refractivity contribution is 0.193. The fourth-order valence-electron chi connectivity index (χ4n) is 2.53. The van der Waals surface area contributed by atoms with Gasteiger partial charge >= 0.3 is 7.82 Å². The SMILES string of the molecule is CCCCCCCC/C=C\CCCCCCCCOP(=O)(O)O.N.N. The summed E-state index contributed by atoms with van der Waals surface area (Å²) in [5, 5.41) is 0. The second-order valence-corrected chi connectivity index (χ2v) is 7.50. The van der Waals surface area contributed by atoms with Crippen LogP contribution in [-0.2, 0) is 9.09 Å². The van der Waals surface area contributed by atoms with E-state index in [0.29, 0.717) is 0 Å². The van der Waals surface area contributed by atoms with Crippen LogP contribution in [0.5, 0.6) is 0 Å². The summed E-state index contributed by atoms with van der Waals surface area (Å²) in [7, 11) is -4.26. The Labute approximate surface area is 155 Å². The van der Waals surface area contributed by atoms with Crippen LogP contribution in [-0.4, -0.2) is 16.4 Å². The normalized spacial score (nSPS) is 11.3. The van der Waals surface area contributed by atoms with E-state index in [4.69, 9.17) is 9.79 Å². The van der Waals surface area contributed by atoms with Crippen LogP contribution in [0, 0.1) is 0 Å². The number of hydrogen-bond donors (Lipinski definition) is 4. The topological polar surface area (TPSA) is 137 Å². The first-order valence-corrected chi connectivity index (χ1v) is 10.9. The minimum absolute atomic E-state index is 0. The monoisotopic (exact) mass is 382 g/mol. The van der Waals surface area contributed by atoms with Gasteiger partial charge in [-0.15, -0.1) is 0 Å². The van der Waals surface area contributed by atoms with Crippen LogP contribution in [0.4, 0.5) is 0 Å². The lowest BCUT2D eigenvalue weighted by atomic mass is 10.1. The average molecular weight is 383 g/mol. The van der Waals surface area contributed by atoms with Crippen LogP contribution in [0.15, 0.2) is 12.2 Å². The third kappa shape index (κ3) is 28.8. The molecule has 0 aliphatic rings. The van der Waals surface area contributed by atoms with E-state index in [9.17, 15) is 4.57 Å². The second kappa shape index (κ2) is 21.8. The van der Waals surface area contributed by atoms with E-state index in [-0.39, 0.29) is 18.9 Å². The molecule has 0 amide bonds. The molecule has 0 saturated carbocycles. The lowest BCUT2D eigenvalue weighted by Gasteiger charge is -2.04. The Hall–Kier alpha value is -0.230. The quantitative estimate of drug-likeness (QED) is 0.129. The molecule has 0 aliphatic carbocycles. The van der Waals surface area contributed by atoms with Crippen molar-refractivity contribution >= 4 is 7.82 Å².